The average Bonchev–Trinajstić information content (AvgIpc) is 2.74. The summed E-state index contributed by atoms with van der Waals surface area (Å²) in [5, 5.41) is 4.03. The van der Waals surface area contributed by atoms with Gasteiger partial charge in [-0.3, -0.25) is 9.88 Å². The molecule has 152 valence electrons. The van der Waals surface area contributed by atoms with Crippen molar-refractivity contribution in [2.75, 3.05) is 46.5 Å². The molecule has 0 spiro atoms. The number of hydrogen-bond acceptors (Lipinski definition) is 6. The van der Waals surface area contributed by atoms with Crippen molar-refractivity contribution < 1.29 is 14.2 Å². The zero-order valence-electron chi connectivity index (χ0n) is 16.3. The van der Waals surface area contributed by atoms with Gasteiger partial charge in [0.25, 0.3) is 0 Å². The van der Waals surface area contributed by atoms with E-state index >= 15 is 0 Å². The maximum atomic E-state index is 6.45. The first-order chi connectivity index (χ1) is 13.8. The Kier molecular flexibility index (Phi) is 8.36. The molecule has 0 saturated carbocycles. The Hall–Kier alpha value is -1.86. The van der Waals surface area contributed by atoms with Crippen LogP contribution in [0.15, 0.2) is 36.7 Å². The molecule has 1 N–H and O–H groups in total. The highest BCUT2D eigenvalue weighted by atomic mass is 35.5. The van der Waals surface area contributed by atoms with Gasteiger partial charge in [0, 0.05) is 37.6 Å². The van der Waals surface area contributed by atoms with Crippen LogP contribution in [0.4, 0.5) is 0 Å². The van der Waals surface area contributed by atoms with E-state index in [1.165, 1.54) is 0 Å². The van der Waals surface area contributed by atoms with E-state index < -0.39 is 0 Å². The fourth-order valence-electron chi connectivity index (χ4n) is 3.14. The van der Waals surface area contributed by atoms with Gasteiger partial charge < -0.3 is 19.5 Å². The maximum absolute atomic E-state index is 6.45. The van der Waals surface area contributed by atoms with Gasteiger partial charge in [-0.15, -0.1) is 0 Å². The number of nitrogens with one attached hydrogen (secondary N) is 1. The third-order valence-electron chi connectivity index (χ3n) is 4.66. The van der Waals surface area contributed by atoms with Crippen molar-refractivity contribution in [1.82, 2.24) is 15.2 Å². The Morgan fingerprint density at radius 1 is 1.25 bits per heavy atom. The molecule has 1 saturated heterocycles. The van der Waals surface area contributed by atoms with Gasteiger partial charge >= 0.3 is 0 Å². The molecule has 1 aliphatic heterocycles. The predicted octanol–water partition coefficient (Wildman–Crippen LogP) is 3.13. The number of halogens is 1. The van der Waals surface area contributed by atoms with Crippen LogP contribution in [-0.2, 0) is 17.9 Å². The number of methoxy groups -OCH3 is 1. The number of pyridine rings is 1. The largest absolute Gasteiger partial charge is 0.493 e. The van der Waals surface area contributed by atoms with Crippen molar-refractivity contribution in [3.05, 3.63) is 52.8 Å². The molecule has 0 radical (unpaired) electrons. The Morgan fingerprint density at radius 2 is 2.11 bits per heavy atom. The Labute approximate surface area is 171 Å². The lowest BCUT2D eigenvalue weighted by Gasteiger charge is -2.26. The summed E-state index contributed by atoms with van der Waals surface area (Å²) in [4.78, 5) is 6.54. The van der Waals surface area contributed by atoms with Gasteiger partial charge in [0.05, 0.1) is 25.3 Å². The van der Waals surface area contributed by atoms with Gasteiger partial charge in [0.15, 0.2) is 11.5 Å². The van der Waals surface area contributed by atoms with Gasteiger partial charge in [0.1, 0.15) is 6.61 Å². The van der Waals surface area contributed by atoms with Crippen molar-refractivity contribution in [3.8, 4) is 11.5 Å². The molecule has 1 aliphatic rings. The molecular weight excluding hydrogens is 378 g/mol. The minimum absolute atomic E-state index is 0.392. The third kappa shape index (κ3) is 6.34. The summed E-state index contributed by atoms with van der Waals surface area (Å²) in [6.07, 6.45) is 4.62. The summed E-state index contributed by atoms with van der Waals surface area (Å²) >= 11 is 6.45. The number of ether oxygens (including phenoxy) is 3. The maximum Gasteiger partial charge on any atom is 0.180 e. The lowest BCUT2D eigenvalue weighted by atomic mass is 10.2. The van der Waals surface area contributed by atoms with Crippen LogP contribution in [-0.4, -0.2) is 56.4 Å². The monoisotopic (exact) mass is 405 g/mol. The van der Waals surface area contributed by atoms with Crippen molar-refractivity contribution in [2.24, 2.45) is 0 Å². The summed E-state index contributed by atoms with van der Waals surface area (Å²) in [7, 11) is 1.63. The number of aromatic nitrogens is 1. The van der Waals surface area contributed by atoms with E-state index in [2.05, 4.69) is 15.2 Å². The van der Waals surface area contributed by atoms with E-state index in [1.807, 2.05) is 24.3 Å². The molecule has 6 nitrogen and oxygen atoms in total. The Morgan fingerprint density at radius 3 is 2.86 bits per heavy atom. The molecule has 3 rings (SSSR count). The average molecular weight is 406 g/mol. The lowest BCUT2D eigenvalue weighted by Crippen LogP contribution is -2.37. The molecule has 1 fully saturated rings. The van der Waals surface area contributed by atoms with E-state index in [0.717, 1.165) is 63.5 Å². The van der Waals surface area contributed by atoms with Crippen LogP contribution < -0.4 is 14.8 Å². The first-order valence-electron chi connectivity index (χ1n) is 9.65. The molecule has 0 amide bonds. The summed E-state index contributed by atoms with van der Waals surface area (Å²) in [5.74, 6) is 1.20. The van der Waals surface area contributed by atoms with Crippen LogP contribution in [0.3, 0.4) is 0 Å². The van der Waals surface area contributed by atoms with E-state index in [4.69, 9.17) is 25.8 Å². The second-order valence-corrected chi connectivity index (χ2v) is 7.15. The van der Waals surface area contributed by atoms with E-state index in [-0.39, 0.29) is 0 Å². The number of rotatable bonds is 10. The first kappa shape index (κ1) is 20.9. The molecule has 1 aromatic carbocycles. The zero-order chi connectivity index (χ0) is 19.6. The highest BCUT2D eigenvalue weighted by Crippen LogP contribution is 2.36. The van der Waals surface area contributed by atoms with Crippen LogP contribution in [0.1, 0.15) is 17.5 Å². The van der Waals surface area contributed by atoms with Crippen LogP contribution in [0, 0.1) is 0 Å². The molecule has 1 aromatic heterocycles. The summed E-state index contributed by atoms with van der Waals surface area (Å²) in [6, 6.07) is 7.74. The molecule has 2 heterocycles. The topological polar surface area (TPSA) is 55.9 Å². The molecular formula is C21H28ClN3O3. The molecule has 28 heavy (non-hydrogen) atoms. The van der Waals surface area contributed by atoms with Crippen molar-refractivity contribution in [2.45, 2.75) is 19.6 Å². The normalized spacial score (nSPS) is 14.8. The lowest BCUT2D eigenvalue weighted by molar-refractivity contribution is 0.0374. The highest BCUT2D eigenvalue weighted by molar-refractivity contribution is 6.32. The Balaban J connectivity index is 1.47. The van der Waals surface area contributed by atoms with Gasteiger partial charge in [-0.05, 0) is 43.3 Å². The highest BCUT2D eigenvalue weighted by Gasteiger charge is 2.13. The molecule has 0 atom stereocenters. The van der Waals surface area contributed by atoms with Gasteiger partial charge in [-0.1, -0.05) is 17.7 Å². The number of nitrogens with zero attached hydrogens (tertiary/aromatic N) is 2. The van der Waals surface area contributed by atoms with Crippen LogP contribution in [0.5, 0.6) is 11.5 Å². The SMILES string of the molecule is COc1cc(CNCCCN2CCOCC2)cc(Cl)c1OCc1cccnc1. The van der Waals surface area contributed by atoms with Crippen molar-refractivity contribution >= 4 is 11.6 Å². The number of morpholine rings is 1. The van der Waals surface area contributed by atoms with Crippen LogP contribution in [0.25, 0.3) is 0 Å². The van der Waals surface area contributed by atoms with E-state index in [1.54, 1.807) is 19.5 Å². The van der Waals surface area contributed by atoms with E-state index in [9.17, 15) is 0 Å². The Bertz CT molecular complexity index is 724. The van der Waals surface area contributed by atoms with Gasteiger partial charge in [-0.2, -0.15) is 0 Å². The fourth-order valence-corrected chi connectivity index (χ4v) is 3.43. The smallest absolute Gasteiger partial charge is 0.180 e. The standard InChI is InChI=1S/C21H28ClN3O3/c1-26-20-13-18(15-24-6-3-7-25-8-10-27-11-9-25)12-19(22)21(20)28-16-17-4-2-5-23-14-17/h2,4-5,12-14,24H,3,6-11,15-16H2,1H3. The van der Waals surface area contributed by atoms with Gasteiger partial charge in [0.2, 0.25) is 0 Å². The van der Waals surface area contributed by atoms with E-state index in [0.29, 0.717) is 23.1 Å². The number of hydrogen-bond donors (Lipinski definition) is 1. The van der Waals surface area contributed by atoms with Crippen molar-refractivity contribution in [1.29, 1.82) is 0 Å². The second kappa shape index (κ2) is 11.2. The zero-order valence-corrected chi connectivity index (χ0v) is 17.1. The molecule has 0 unspecified atom stereocenters. The third-order valence-corrected chi connectivity index (χ3v) is 4.94. The van der Waals surface area contributed by atoms with Gasteiger partial charge in [-0.25, -0.2) is 0 Å². The summed E-state index contributed by atoms with van der Waals surface area (Å²) < 4.78 is 16.7. The molecule has 7 heteroatoms. The molecule has 0 aliphatic carbocycles. The quantitative estimate of drug-likeness (QED) is 0.613. The fraction of sp³-hybridized carbons (Fsp3) is 0.476. The first-order valence-corrected chi connectivity index (χ1v) is 10.0. The van der Waals surface area contributed by atoms with Crippen LogP contribution >= 0.6 is 11.6 Å². The predicted molar refractivity (Wildman–Crippen MR) is 110 cm³/mol. The minimum Gasteiger partial charge on any atom is -0.493 e. The van der Waals surface area contributed by atoms with Crippen LogP contribution in [0.2, 0.25) is 5.02 Å². The second-order valence-electron chi connectivity index (χ2n) is 6.74. The van der Waals surface area contributed by atoms with Crippen molar-refractivity contribution in [3.63, 3.8) is 0 Å². The molecule has 0 bridgehead atoms. The molecule has 2 aromatic rings. The minimum atomic E-state index is 0.392. The summed E-state index contributed by atoms with van der Waals surface area (Å²) in [6.45, 7) is 6.95. The summed E-state index contributed by atoms with van der Waals surface area (Å²) in [5.41, 5.74) is 2.05. The number of benzene rings is 1.